The summed E-state index contributed by atoms with van der Waals surface area (Å²) in [5, 5.41) is 5.08. The molecule has 0 spiro atoms. The Morgan fingerprint density at radius 1 is 0.973 bits per heavy atom. The normalized spacial score (nSPS) is 16.0. The molecule has 1 aromatic carbocycles. The first-order valence-electron chi connectivity index (χ1n) is 11.8. The first-order chi connectivity index (χ1) is 17.6. The van der Waals surface area contributed by atoms with Crippen molar-refractivity contribution in [2.24, 2.45) is 0 Å². The molecular weight excluding hydrogens is 520 g/mol. The lowest BCUT2D eigenvalue weighted by molar-refractivity contribution is -0.129. The van der Waals surface area contributed by atoms with Gasteiger partial charge in [-0.1, -0.05) is 6.42 Å². The summed E-state index contributed by atoms with van der Waals surface area (Å²) in [7, 11) is -2.50. The zero-order valence-corrected chi connectivity index (χ0v) is 22.2. The van der Waals surface area contributed by atoms with Gasteiger partial charge in [0.15, 0.2) is 0 Å². The lowest BCUT2D eigenvalue weighted by atomic mass is 10.0. The number of amides is 4. The van der Waals surface area contributed by atoms with E-state index < -0.39 is 27.9 Å². The lowest BCUT2D eigenvalue weighted by Crippen LogP contribution is -2.35. The Labute approximate surface area is 218 Å². The van der Waals surface area contributed by atoms with Crippen molar-refractivity contribution in [1.82, 2.24) is 14.5 Å². The number of nitrogens with one attached hydrogen (secondary N) is 2. The number of ether oxygens (including phenoxy) is 1. The van der Waals surface area contributed by atoms with Gasteiger partial charge >= 0.3 is 6.09 Å². The van der Waals surface area contributed by atoms with Crippen molar-refractivity contribution < 1.29 is 32.3 Å². The number of hydrogen-bond acceptors (Lipinski definition) is 8. The van der Waals surface area contributed by atoms with Crippen LogP contribution in [0.15, 0.2) is 29.2 Å². The number of nitrogens with zero attached hydrogens (tertiary/aromatic N) is 2. The predicted octanol–water partition coefficient (Wildman–Crippen LogP) is 2.58. The van der Waals surface area contributed by atoms with E-state index in [1.165, 1.54) is 35.5 Å². The second kappa shape index (κ2) is 11.0. The van der Waals surface area contributed by atoms with E-state index in [1.807, 2.05) is 0 Å². The van der Waals surface area contributed by atoms with Crippen LogP contribution in [0.5, 0.6) is 0 Å². The number of benzene rings is 1. The smallest absolute Gasteiger partial charge is 0.413 e. The van der Waals surface area contributed by atoms with Crippen molar-refractivity contribution >= 4 is 50.2 Å². The van der Waals surface area contributed by atoms with Crippen LogP contribution in [-0.4, -0.2) is 68.2 Å². The van der Waals surface area contributed by atoms with Gasteiger partial charge in [-0.15, -0.1) is 11.3 Å². The van der Waals surface area contributed by atoms with Gasteiger partial charge in [-0.05, 0) is 49.1 Å². The molecule has 37 heavy (non-hydrogen) atoms. The summed E-state index contributed by atoms with van der Waals surface area (Å²) in [5.41, 5.74) is 1.00. The standard InChI is InChI=1S/C24H28N4O7S2/c1-15(29)27-13-10-18-19(14-27)36-23(20(18)22(31)26-24(32)35-2)25-21(30)16-6-8-17(9-7-16)37(33,34)28-11-4-3-5-12-28/h6-9H,3-5,10-14H2,1-2H3,(H,25,30)(H,26,31,32). The number of fused-ring (bicyclic) bond motifs is 1. The van der Waals surface area contributed by atoms with Crippen LogP contribution < -0.4 is 10.6 Å². The molecule has 0 unspecified atom stereocenters. The number of carbonyl (C=O) groups is 4. The third-order valence-electron chi connectivity index (χ3n) is 6.43. The van der Waals surface area contributed by atoms with E-state index in [2.05, 4.69) is 15.4 Å². The number of anilines is 1. The topological polar surface area (TPSA) is 142 Å². The summed E-state index contributed by atoms with van der Waals surface area (Å²) in [4.78, 5) is 52.0. The van der Waals surface area contributed by atoms with E-state index in [0.29, 0.717) is 31.6 Å². The highest BCUT2D eigenvalue weighted by atomic mass is 32.2. The Balaban J connectivity index is 1.58. The number of hydrogen-bond donors (Lipinski definition) is 2. The molecule has 1 saturated heterocycles. The maximum Gasteiger partial charge on any atom is 0.413 e. The summed E-state index contributed by atoms with van der Waals surface area (Å²) in [6.45, 7) is 3.10. The average molecular weight is 549 g/mol. The van der Waals surface area contributed by atoms with Crippen LogP contribution in [0.4, 0.5) is 9.80 Å². The van der Waals surface area contributed by atoms with E-state index in [1.54, 1.807) is 4.90 Å². The van der Waals surface area contributed by atoms with E-state index in [9.17, 15) is 27.6 Å². The molecule has 2 aromatic rings. The fourth-order valence-electron chi connectivity index (χ4n) is 4.41. The second-order valence-corrected chi connectivity index (χ2v) is 11.8. The highest BCUT2D eigenvalue weighted by Crippen LogP contribution is 2.37. The summed E-state index contributed by atoms with van der Waals surface area (Å²) >= 11 is 1.15. The Kier molecular flexibility index (Phi) is 7.95. The third kappa shape index (κ3) is 5.68. The minimum atomic E-state index is -3.64. The molecule has 2 aliphatic rings. The third-order valence-corrected chi connectivity index (χ3v) is 9.47. The predicted molar refractivity (Wildman–Crippen MR) is 136 cm³/mol. The molecule has 11 nitrogen and oxygen atoms in total. The van der Waals surface area contributed by atoms with Gasteiger partial charge in [0.25, 0.3) is 11.8 Å². The van der Waals surface area contributed by atoms with Gasteiger partial charge in [-0.2, -0.15) is 4.31 Å². The van der Waals surface area contributed by atoms with Crippen molar-refractivity contribution in [3.05, 3.63) is 45.8 Å². The molecule has 2 N–H and O–H groups in total. The van der Waals surface area contributed by atoms with Crippen LogP contribution >= 0.6 is 11.3 Å². The molecule has 13 heteroatoms. The van der Waals surface area contributed by atoms with Crippen LogP contribution in [0.2, 0.25) is 0 Å². The van der Waals surface area contributed by atoms with Gasteiger partial charge in [0, 0.05) is 37.0 Å². The van der Waals surface area contributed by atoms with Gasteiger partial charge in [-0.3, -0.25) is 19.7 Å². The number of thiophene rings is 1. The van der Waals surface area contributed by atoms with Crippen molar-refractivity contribution in [3.63, 3.8) is 0 Å². The van der Waals surface area contributed by atoms with Gasteiger partial charge < -0.3 is 15.0 Å². The van der Waals surface area contributed by atoms with Gasteiger partial charge in [0.2, 0.25) is 15.9 Å². The molecule has 0 radical (unpaired) electrons. The first kappa shape index (κ1) is 26.8. The molecule has 4 rings (SSSR count). The van der Waals surface area contributed by atoms with Gasteiger partial charge in [-0.25, -0.2) is 13.2 Å². The van der Waals surface area contributed by atoms with Gasteiger partial charge in [0.1, 0.15) is 5.00 Å². The van der Waals surface area contributed by atoms with Crippen LogP contribution in [0.25, 0.3) is 0 Å². The highest BCUT2D eigenvalue weighted by Gasteiger charge is 2.31. The molecule has 0 atom stereocenters. The van der Waals surface area contributed by atoms with Crippen molar-refractivity contribution in [2.75, 3.05) is 32.1 Å². The van der Waals surface area contributed by atoms with Crippen molar-refractivity contribution in [3.8, 4) is 0 Å². The zero-order valence-electron chi connectivity index (χ0n) is 20.5. The Bertz CT molecular complexity index is 1330. The average Bonchev–Trinajstić information content (AvgIpc) is 3.26. The molecule has 2 aliphatic heterocycles. The number of carbonyl (C=O) groups excluding carboxylic acids is 4. The minimum absolute atomic E-state index is 0.107. The van der Waals surface area contributed by atoms with Crippen LogP contribution in [0.1, 0.15) is 57.3 Å². The number of alkyl carbamates (subject to hydrolysis) is 1. The minimum Gasteiger partial charge on any atom is -0.453 e. The van der Waals surface area contributed by atoms with E-state index in [4.69, 9.17) is 0 Å². The molecule has 198 valence electrons. The summed E-state index contributed by atoms with van der Waals surface area (Å²) < 4.78 is 31.8. The number of methoxy groups -OCH3 is 1. The lowest BCUT2D eigenvalue weighted by Gasteiger charge is -2.26. The number of rotatable bonds is 5. The second-order valence-electron chi connectivity index (χ2n) is 8.79. The monoisotopic (exact) mass is 548 g/mol. The first-order valence-corrected chi connectivity index (χ1v) is 14.1. The maximum atomic E-state index is 13.1. The Morgan fingerprint density at radius 3 is 2.27 bits per heavy atom. The van der Waals surface area contributed by atoms with Crippen molar-refractivity contribution in [2.45, 2.75) is 44.0 Å². The van der Waals surface area contributed by atoms with Crippen LogP contribution in [-0.2, 0) is 32.5 Å². The van der Waals surface area contributed by atoms with E-state index in [-0.39, 0.29) is 33.5 Å². The molecule has 0 aliphatic carbocycles. The van der Waals surface area contributed by atoms with Crippen LogP contribution in [0.3, 0.4) is 0 Å². The molecule has 0 saturated carbocycles. The quantitative estimate of drug-likeness (QED) is 0.585. The summed E-state index contributed by atoms with van der Waals surface area (Å²) in [6.07, 6.45) is 2.09. The summed E-state index contributed by atoms with van der Waals surface area (Å²) in [6, 6.07) is 5.64. The molecule has 1 fully saturated rings. The number of piperidine rings is 1. The van der Waals surface area contributed by atoms with Gasteiger partial charge in [0.05, 0.1) is 24.1 Å². The number of sulfonamides is 1. The molecular formula is C24H28N4O7S2. The molecule has 3 heterocycles. The van der Waals surface area contributed by atoms with E-state index >= 15 is 0 Å². The fourth-order valence-corrected chi connectivity index (χ4v) is 7.19. The SMILES string of the molecule is COC(=O)NC(=O)c1c(NC(=O)c2ccc(S(=O)(=O)N3CCCCC3)cc2)sc2c1CCN(C(C)=O)C2. The highest BCUT2D eigenvalue weighted by molar-refractivity contribution is 7.89. The van der Waals surface area contributed by atoms with Crippen molar-refractivity contribution in [1.29, 1.82) is 0 Å². The number of imide groups is 1. The maximum absolute atomic E-state index is 13.1. The van der Waals surface area contributed by atoms with E-state index in [0.717, 1.165) is 42.6 Å². The molecule has 4 amide bonds. The zero-order chi connectivity index (χ0) is 26.7. The molecule has 0 bridgehead atoms. The fraction of sp³-hybridized carbons (Fsp3) is 0.417. The Morgan fingerprint density at radius 2 is 1.65 bits per heavy atom. The Hall–Kier alpha value is -3.29. The summed E-state index contributed by atoms with van der Waals surface area (Å²) in [5.74, 6) is -1.38. The van der Waals surface area contributed by atoms with Crippen LogP contribution in [0, 0.1) is 0 Å². The molecule has 1 aromatic heterocycles. The largest absolute Gasteiger partial charge is 0.453 e.